The van der Waals surface area contributed by atoms with Gasteiger partial charge < -0.3 is 15.0 Å². The molecule has 3 aromatic rings. The lowest BCUT2D eigenvalue weighted by atomic mass is 9.86. The van der Waals surface area contributed by atoms with Gasteiger partial charge in [0.25, 0.3) is 0 Å². The molecule has 0 radical (unpaired) electrons. The molecule has 2 aliphatic heterocycles. The second kappa shape index (κ2) is 9.35. The Balaban J connectivity index is 1.43. The summed E-state index contributed by atoms with van der Waals surface area (Å²) < 4.78 is 7.58. The van der Waals surface area contributed by atoms with E-state index >= 15 is 0 Å². The number of benzene rings is 1. The van der Waals surface area contributed by atoms with Gasteiger partial charge in [-0.15, -0.1) is 0 Å². The van der Waals surface area contributed by atoms with Crippen molar-refractivity contribution in [2.45, 2.75) is 18.6 Å². The summed E-state index contributed by atoms with van der Waals surface area (Å²) in [4.78, 5) is 14.0. The van der Waals surface area contributed by atoms with Crippen LogP contribution in [0.25, 0.3) is 10.9 Å². The Morgan fingerprint density at radius 1 is 1.18 bits per heavy atom. The monoisotopic (exact) mass is 506 g/mol. The molecule has 4 heterocycles. The first-order valence-corrected chi connectivity index (χ1v) is 12.1. The highest BCUT2D eigenvalue weighted by molar-refractivity contribution is 9.10. The van der Waals surface area contributed by atoms with Gasteiger partial charge in [0.15, 0.2) is 0 Å². The van der Waals surface area contributed by atoms with E-state index in [-0.39, 0.29) is 6.10 Å². The Hall–Kier alpha value is -2.57. The number of anilines is 1. The Morgan fingerprint density at radius 3 is 2.79 bits per heavy atom. The zero-order valence-corrected chi connectivity index (χ0v) is 20.3. The molecule has 0 aliphatic carbocycles. The van der Waals surface area contributed by atoms with Crippen LogP contribution in [0.15, 0.2) is 53.3 Å². The second-order valence-corrected chi connectivity index (χ2v) is 9.62. The van der Waals surface area contributed by atoms with Crippen LogP contribution in [0.2, 0.25) is 0 Å². The summed E-state index contributed by atoms with van der Waals surface area (Å²) in [5.41, 5.74) is 1.92. The highest BCUT2D eigenvalue weighted by Crippen LogP contribution is 2.36. The molecule has 1 aromatic carbocycles. The lowest BCUT2D eigenvalue weighted by Gasteiger charge is -2.46. The molecule has 1 N–H and O–H groups in total. The van der Waals surface area contributed by atoms with Gasteiger partial charge in [0.05, 0.1) is 17.2 Å². The van der Waals surface area contributed by atoms with E-state index in [1.54, 1.807) is 6.20 Å². The van der Waals surface area contributed by atoms with E-state index in [1.165, 1.54) is 0 Å². The highest BCUT2D eigenvalue weighted by Gasteiger charge is 2.41. The number of aromatic nitrogens is 2. The van der Waals surface area contributed by atoms with Crippen molar-refractivity contribution >= 4 is 32.7 Å². The van der Waals surface area contributed by atoms with Gasteiger partial charge in [-0.1, -0.05) is 18.2 Å². The van der Waals surface area contributed by atoms with Gasteiger partial charge in [0, 0.05) is 57.4 Å². The van der Waals surface area contributed by atoms with Crippen LogP contribution >= 0.6 is 15.9 Å². The predicted octanol–water partition coefficient (Wildman–Crippen LogP) is 3.29. The molecule has 0 spiro atoms. The minimum atomic E-state index is -0.511. The molecule has 2 fully saturated rings. The van der Waals surface area contributed by atoms with E-state index in [0.717, 1.165) is 72.7 Å². The molecule has 0 unspecified atom stereocenters. The molecular weight excluding hydrogens is 480 g/mol. The zero-order chi connectivity index (χ0) is 22.8. The quantitative estimate of drug-likeness (QED) is 0.544. The topological polar surface area (TPSA) is 77.3 Å². The van der Waals surface area contributed by atoms with Gasteiger partial charge in [-0.2, -0.15) is 5.26 Å². The molecule has 2 aromatic heterocycles. The molecule has 0 bridgehead atoms. The van der Waals surface area contributed by atoms with Gasteiger partial charge in [-0.3, -0.25) is 9.88 Å². The Bertz CT molecular complexity index is 1190. The SMILES string of the molecule is C[C@@H]1CNC[C@](CN2CCN(c3cccc(Br)n3)CC2)(c2ccc(C#N)c3ncccc23)O1. The van der Waals surface area contributed by atoms with Crippen LogP contribution in [0.1, 0.15) is 18.1 Å². The zero-order valence-electron chi connectivity index (χ0n) is 18.7. The van der Waals surface area contributed by atoms with Gasteiger partial charge in [-0.25, -0.2) is 4.98 Å². The highest BCUT2D eigenvalue weighted by atomic mass is 79.9. The lowest BCUT2D eigenvalue weighted by Crippen LogP contribution is -2.59. The van der Waals surface area contributed by atoms with Crippen molar-refractivity contribution in [3.8, 4) is 6.07 Å². The number of nitrogens with one attached hydrogen (secondary N) is 1. The fourth-order valence-corrected chi connectivity index (χ4v) is 5.35. The van der Waals surface area contributed by atoms with E-state index in [0.29, 0.717) is 5.56 Å². The lowest BCUT2D eigenvalue weighted by molar-refractivity contribution is -0.128. The predicted molar refractivity (Wildman–Crippen MR) is 132 cm³/mol. The number of hydrogen-bond donors (Lipinski definition) is 1. The van der Waals surface area contributed by atoms with Crippen molar-refractivity contribution in [1.29, 1.82) is 5.26 Å². The fraction of sp³-hybridized carbons (Fsp3) is 0.400. The first kappa shape index (κ1) is 22.2. The van der Waals surface area contributed by atoms with E-state index in [2.05, 4.69) is 72.2 Å². The number of piperazine rings is 1. The maximum absolute atomic E-state index is 9.59. The molecule has 5 rings (SSSR count). The third-order valence-electron chi connectivity index (χ3n) is 6.53. The van der Waals surface area contributed by atoms with Gasteiger partial charge >= 0.3 is 0 Å². The maximum Gasteiger partial charge on any atom is 0.129 e. The van der Waals surface area contributed by atoms with Crippen LogP contribution in [-0.4, -0.2) is 66.8 Å². The van der Waals surface area contributed by atoms with Crippen LogP contribution in [-0.2, 0) is 10.3 Å². The molecule has 8 heteroatoms. The first-order valence-electron chi connectivity index (χ1n) is 11.3. The van der Waals surface area contributed by atoms with Crippen LogP contribution in [0.4, 0.5) is 5.82 Å². The largest absolute Gasteiger partial charge is 0.363 e. The number of rotatable bonds is 4. The third kappa shape index (κ3) is 4.46. The van der Waals surface area contributed by atoms with Crippen molar-refractivity contribution in [2.75, 3.05) is 50.7 Å². The summed E-state index contributed by atoms with van der Waals surface area (Å²) in [5.74, 6) is 1.01. The van der Waals surface area contributed by atoms with Crippen LogP contribution in [0.3, 0.4) is 0 Å². The average molecular weight is 507 g/mol. The van der Waals surface area contributed by atoms with E-state index in [1.807, 2.05) is 24.3 Å². The van der Waals surface area contributed by atoms with E-state index < -0.39 is 5.60 Å². The molecule has 0 saturated carbocycles. The molecule has 0 amide bonds. The standard InChI is InChI=1S/C25H27BrN6O/c1-18-15-28-16-25(33-18,21-8-7-19(14-27)24-20(21)4-3-9-29-24)17-31-10-12-32(13-11-31)23-6-2-5-22(26)30-23/h2-9,18,28H,10-13,15-17H2,1H3/t18-,25+/m1/s1. The molecule has 2 atom stereocenters. The molecule has 2 aliphatic rings. The summed E-state index contributed by atoms with van der Waals surface area (Å²) in [6.07, 6.45) is 1.84. The van der Waals surface area contributed by atoms with Gasteiger partial charge in [0.2, 0.25) is 0 Å². The summed E-state index contributed by atoms with van der Waals surface area (Å²) >= 11 is 3.48. The Morgan fingerprint density at radius 2 is 2.03 bits per heavy atom. The number of morpholine rings is 1. The van der Waals surface area contributed by atoms with Crippen LogP contribution in [0.5, 0.6) is 0 Å². The molecule has 7 nitrogen and oxygen atoms in total. The maximum atomic E-state index is 9.59. The Kier molecular flexibility index (Phi) is 6.30. The molecule has 2 saturated heterocycles. The van der Waals surface area contributed by atoms with Crippen molar-refractivity contribution in [3.05, 3.63) is 64.4 Å². The summed E-state index contributed by atoms with van der Waals surface area (Å²) in [5, 5.41) is 14.2. The summed E-state index contributed by atoms with van der Waals surface area (Å²) in [6, 6.07) is 16.3. The molecule has 33 heavy (non-hydrogen) atoms. The summed E-state index contributed by atoms with van der Waals surface area (Å²) in [7, 11) is 0. The third-order valence-corrected chi connectivity index (χ3v) is 6.97. The normalized spacial score (nSPS) is 24.0. The van der Waals surface area contributed by atoms with Crippen molar-refractivity contribution < 1.29 is 4.74 Å². The molecule has 170 valence electrons. The van der Waals surface area contributed by atoms with Crippen LogP contribution < -0.4 is 10.2 Å². The van der Waals surface area contributed by atoms with E-state index in [9.17, 15) is 5.26 Å². The number of halogens is 1. The number of hydrogen-bond acceptors (Lipinski definition) is 7. The Labute approximate surface area is 202 Å². The summed E-state index contributed by atoms with van der Waals surface area (Å²) in [6.45, 7) is 8.13. The van der Waals surface area contributed by atoms with Crippen molar-refractivity contribution in [1.82, 2.24) is 20.2 Å². The van der Waals surface area contributed by atoms with E-state index in [4.69, 9.17) is 4.74 Å². The minimum Gasteiger partial charge on any atom is -0.363 e. The van der Waals surface area contributed by atoms with Crippen molar-refractivity contribution in [3.63, 3.8) is 0 Å². The number of nitrogens with zero attached hydrogens (tertiary/aromatic N) is 5. The fourth-order valence-electron chi connectivity index (χ4n) is 5.01. The van der Waals surface area contributed by atoms with Gasteiger partial charge in [-0.05, 0) is 52.7 Å². The number of pyridine rings is 2. The first-order chi connectivity index (χ1) is 16.1. The smallest absolute Gasteiger partial charge is 0.129 e. The second-order valence-electron chi connectivity index (χ2n) is 8.81. The number of ether oxygens (including phenoxy) is 1. The minimum absolute atomic E-state index is 0.0910. The number of nitriles is 1. The van der Waals surface area contributed by atoms with Crippen LogP contribution in [0, 0.1) is 11.3 Å². The molecular formula is C25H27BrN6O. The van der Waals surface area contributed by atoms with Crippen molar-refractivity contribution in [2.24, 2.45) is 0 Å². The number of fused-ring (bicyclic) bond motifs is 1. The van der Waals surface area contributed by atoms with Gasteiger partial charge in [0.1, 0.15) is 22.1 Å². The average Bonchev–Trinajstić information content (AvgIpc) is 2.84.